The molecular formula is C14H12ClF2N5O2S2. The maximum Gasteiger partial charge on any atom is 0.291 e. The topological polar surface area (TPSA) is 101 Å². The first kappa shape index (κ1) is 17.7. The summed E-state index contributed by atoms with van der Waals surface area (Å²) in [5.41, 5.74) is 0.179. The predicted octanol–water partition coefficient (Wildman–Crippen LogP) is 3.50. The van der Waals surface area contributed by atoms with E-state index >= 15 is 0 Å². The van der Waals surface area contributed by atoms with Crippen molar-refractivity contribution in [3.63, 3.8) is 0 Å². The highest BCUT2D eigenvalue weighted by atomic mass is 35.5. The Morgan fingerprint density at radius 1 is 1.35 bits per heavy atom. The maximum atomic E-state index is 12.8. The van der Waals surface area contributed by atoms with Gasteiger partial charge in [0.25, 0.3) is 6.43 Å². The number of nitrogens with one attached hydrogen (secondary N) is 2. The number of benzene rings is 1. The van der Waals surface area contributed by atoms with Crippen LogP contribution in [-0.2, 0) is 10.0 Å². The molecule has 26 heavy (non-hydrogen) atoms. The van der Waals surface area contributed by atoms with Crippen molar-refractivity contribution in [1.29, 1.82) is 0 Å². The molecule has 2 heterocycles. The second kappa shape index (κ2) is 5.91. The molecule has 0 unspecified atom stereocenters. The largest absolute Gasteiger partial charge is 0.291 e. The van der Waals surface area contributed by atoms with Gasteiger partial charge < -0.3 is 0 Å². The lowest BCUT2D eigenvalue weighted by atomic mass is 10.2. The van der Waals surface area contributed by atoms with E-state index in [1.54, 1.807) is 0 Å². The molecule has 1 aliphatic rings. The summed E-state index contributed by atoms with van der Waals surface area (Å²) in [6.45, 7) is 1.82. The molecule has 0 bridgehead atoms. The van der Waals surface area contributed by atoms with Crippen LogP contribution in [0.2, 0.25) is 5.02 Å². The van der Waals surface area contributed by atoms with Crippen molar-refractivity contribution in [3.05, 3.63) is 22.2 Å². The number of sulfonamides is 1. The SMILES string of the molecule is CC1(NS(=O)(=O)c2cc(Cl)c3[nH]nc(-c4nnc(C(F)F)s4)c3c2)CC1. The average molecular weight is 420 g/mol. The lowest BCUT2D eigenvalue weighted by Crippen LogP contribution is -2.34. The molecule has 0 amide bonds. The lowest BCUT2D eigenvalue weighted by molar-refractivity contribution is 0.150. The lowest BCUT2D eigenvalue weighted by Gasteiger charge is -2.12. The minimum atomic E-state index is -3.78. The Bertz CT molecular complexity index is 1110. The summed E-state index contributed by atoms with van der Waals surface area (Å²) in [6, 6.07) is 2.72. The van der Waals surface area contributed by atoms with Crippen LogP contribution in [-0.4, -0.2) is 34.4 Å². The summed E-state index contributed by atoms with van der Waals surface area (Å²) in [7, 11) is -3.78. The standard InChI is InChI=1S/C14H12ClF2N5O2S2/c1-14(2-3-14)22-26(23,24)6-4-7-9(8(15)5-6)18-19-10(7)12-20-21-13(25-12)11(16)17/h4-5,11,22H,2-3H2,1H3,(H,18,19). The molecule has 12 heteroatoms. The molecule has 1 aliphatic carbocycles. The van der Waals surface area contributed by atoms with Gasteiger partial charge in [-0.1, -0.05) is 22.9 Å². The molecule has 1 aromatic carbocycles. The van der Waals surface area contributed by atoms with E-state index in [4.69, 9.17) is 11.6 Å². The number of H-pyrrole nitrogens is 1. The number of aromatic amines is 1. The van der Waals surface area contributed by atoms with Crippen LogP contribution in [0.5, 0.6) is 0 Å². The zero-order valence-corrected chi connectivity index (χ0v) is 15.6. The maximum absolute atomic E-state index is 12.8. The highest BCUT2D eigenvalue weighted by Gasteiger charge is 2.41. The number of halogens is 3. The van der Waals surface area contributed by atoms with Crippen molar-refractivity contribution < 1.29 is 17.2 Å². The van der Waals surface area contributed by atoms with Crippen molar-refractivity contribution in [1.82, 2.24) is 25.1 Å². The second-order valence-electron chi connectivity index (χ2n) is 6.31. The van der Waals surface area contributed by atoms with Crippen molar-refractivity contribution in [2.24, 2.45) is 0 Å². The minimum Gasteiger partial charge on any atom is -0.276 e. The fourth-order valence-electron chi connectivity index (χ4n) is 2.46. The third-order valence-electron chi connectivity index (χ3n) is 4.12. The Morgan fingerprint density at radius 2 is 2.08 bits per heavy atom. The molecule has 138 valence electrons. The number of aromatic nitrogens is 4. The molecule has 0 radical (unpaired) electrons. The smallest absolute Gasteiger partial charge is 0.276 e. The van der Waals surface area contributed by atoms with E-state index in [0.717, 1.165) is 12.8 Å². The van der Waals surface area contributed by atoms with Crippen molar-refractivity contribution in [2.75, 3.05) is 0 Å². The van der Waals surface area contributed by atoms with Crippen molar-refractivity contribution in [3.8, 4) is 10.7 Å². The van der Waals surface area contributed by atoms with Gasteiger partial charge in [-0.25, -0.2) is 21.9 Å². The molecular weight excluding hydrogens is 408 g/mol. The number of fused-ring (bicyclic) bond motifs is 1. The van der Waals surface area contributed by atoms with Crippen LogP contribution >= 0.6 is 22.9 Å². The summed E-state index contributed by atoms with van der Waals surface area (Å²) in [4.78, 5) is -0.0237. The summed E-state index contributed by atoms with van der Waals surface area (Å²) >= 11 is 6.89. The van der Waals surface area contributed by atoms with Gasteiger partial charge in [-0.3, -0.25) is 5.10 Å². The third kappa shape index (κ3) is 3.08. The fraction of sp³-hybridized carbons (Fsp3) is 0.357. The Kier molecular flexibility index (Phi) is 4.03. The van der Waals surface area contributed by atoms with E-state index in [-0.39, 0.29) is 20.6 Å². The first-order valence-electron chi connectivity index (χ1n) is 7.52. The molecule has 3 aromatic rings. The van der Waals surface area contributed by atoms with Gasteiger partial charge in [-0.2, -0.15) is 5.10 Å². The van der Waals surface area contributed by atoms with Crippen LogP contribution in [0.15, 0.2) is 17.0 Å². The van der Waals surface area contributed by atoms with Gasteiger partial charge in [-0.05, 0) is 31.9 Å². The molecule has 0 atom stereocenters. The van der Waals surface area contributed by atoms with E-state index < -0.39 is 27.0 Å². The van der Waals surface area contributed by atoms with Gasteiger partial charge >= 0.3 is 0 Å². The molecule has 0 aliphatic heterocycles. The summed E-state index contributed by atoms with van der Waals surface area (Å²) < 4.78 is 53.4. The van der Waals surface area contributed by atoms with E-state index in [1.807, 2.05) is 6.92 Å². The number of rotatable bonds is 5. The minimum absolute atomic E-state index is 0.0237. The summed E-state index contributed by atoms with van der Waals surface area (Å²) in [5, 5.41) is 14.1. The highest BCUT2D eigenvalue weighted by molar-refractivity contribution is 7.89. The van der Waals surface area contributed by atoms with Gasteiger partial charge in [0, 0.05) is 10.9 Å². The predicted molar refractivity (Wildman–Crippen MR) is 92.9 cm³/mol. The van der Waals surface area contributed by atoms with Crippen LogP contribution in [0.3, 0.4) is 0 Å². The second-order valence-corrected chi connectivity index (χ2v) is 9.41. The van der Waals surface area contributed by atoms with E-state index in [9.17, 15) is 17.2 Å². The molecule has 7 nitrogen and oxygen atoms in total. The molecule has 0 saturated heterocycles. The molecule has 0 spiro atoms. The fourth-order valence-corrected chi connectivity index (χ4v) is 5.01. The van der Waals surface area contributed by atoms with Crippen molar-refractivity contribution >= 4 is 43.9 Å². The molecule has 1 saturated carbocycles. The van der Waals surface area contributed by atoms with Gasteiger partial charge in [0.2, 0.25) is 10.0 Å². The first-order valence-corrected chi connectivity index (χ1v) is 10.2. The van der Waals surface area contributed by atoms with Gasteiger partial charge in [0.1, 0.15) is 5.69 Å². The Morgan fingerprint density at radius 3 is 2.69 bits per heavy atom. The van der Waals surface area contributed by atoms with E-state index in [0.29, 0.717) is 22.2 Å². The van der Waals surface area contributed by atoms with Gasteiger partial charge in [0.15, 0.2) is 10.0 Å². The van der Waals surface area contributed by atoms with Gasteiger partial charge in [-0.15, -0.1) is 10.2 Å². The number of hydrogen-bond acceptors (Lipinski definition) is 6. The number of nitrogens with zero attached hydrogens (tertiary/aromatic N) is 3. The molecule has 2 aromatic heterocycles. The number of hydrogen-bond donors (Lipinski definition) is 2. The van der Waals surface area contributed by atoms with Crippen LogP contribution in [0.4, 0.5) is 8.78 Å². The van der Waals surface area contributed by atoms with Crippen LogP contribution < -0.4 is 4.72 Å². The quantitative estimate of drug-likeness (QED) is 0.659. The van der Waals surface area contributed by atoms with Crippen LogP contribution in [0.1, 0.15) is 31.2 Å². The molecule has 4 rings (SSSR count). The molecule has 1 fully saturated rings. The Balaban J connectivity index is 1.82. The zero-order chi connectivity index (χ0) is 18.7. The van der Waals surface area contributed by atoms with Crippen LogP contribution in [0, 0.1) is 0 Å². The summed E-state index contributed by atoms with van der Waals surface area (Å²) in [6.07, 6.45) is -1.21. The van der Waals surface area contributed by atoms with Crippen LogP contribution in [0.25, 0.3) is 21.6 Å². The monoisotopic (exact) mass is 419 g/mol. The normalized spacial score (nSPS) is 16.5. The zero-order valence-electron chi connectivity index (χ0n) is 13.3. The van der Waals surface area contributed by atoms with E-state index in [2.05, 4.69) is 25.1 Å². The third-order valence-corrected chi connectivity index (χ3v) is 6.97. The first-order chi connectivity index (χ1) is 12.2. The average Bonchev–Trinajstić information content (AvgIpc) is 3.00. The van der Waals surface area contributed by atoms with Crippen molar-refractivity contribution in [2.45, 2.75) is 36.6 Å². The number of alkyl halides is 2. The Labute approximate surface area is 155 Å². The highest BCUT2D eigenvalue weighted by Crippen LogP contribution is 2.38. The van der Waals surface area contributed by atoms with E-state index in [1.165, 1.54) is 12.1 Å². The van der Waals surface area contributed by atoms with Gasteiger partial charge in [0.05, 0.1) is 15.4 Å². The Hall–Kier alpha value is -1.69. The summed E-state index contributed by atoms with van der Waals surface area (Å²) in [5.74, 6) is 0. The molecule has 2 N–H and O–H groups in total.